The summed E-state index contributed by atoms with van der Waals surface area (Å²) in [4.78, 5) is 12.6. The van der Waals surface area contributed by atoms with E-state index in [1.807, 2.05) is 74.5 Å². The summed E-state index contributed by atoms with van der Waals surface area (Å²) in [6, 6.07) is 22.2. The van der Waals surface area contributed by atoms with Crippen molar-refractivity contribution < 1.29 is 27.4 Å². The maximum atomic E-state index is 13.4. The molecule has 7 nitrogen and oxygen atoms in total. The normalized spacial score (nSPS) is 13.4. The zero-order valence-corrected chi connectivity index (χ0v) is 21.8. The minimum Gasteiger partial charge on any atom is -0.445 e. The summed E-state index contributed by atoms with van der Waals surface area (Å²) in [7, 11) is -4.03. The van der Waals surface area contributed by atoms with E-state index in [-0.39, 0.29) is 36.9 Å². The van der Waals surface area contributed by atoms with Gasteiger partial charge in [0.15, 0.2) is 0 Å². The molecule has 9 heteroatoms. The predicted molar refractivity (Wildman–Crippen MR) is 140 cm³/mol. The summed E-state index contributed by atoms with van der Waals surface area (Å²) in [6.45, 7) is 3.64. The molecule has 2 N–H and O–H groups in total. The number of benzene rings is 3. The Labute approximate surface area is 218 Å². The fourth-order valence-electron chi connectivity index (χ4n) is 3.84. The summed E-state index contributed by atoms with van der Waals surface area (Å²) >= 11 is 0. The molecule has 0 unspecified atom stereocenters. The number of halogens is 1. The lowest BCUT2D eigenvalue weighted by atomic mass is 10.0. The lowest BCUT2D eigenvalue weighted by molar-refractivity contribution is 0.0873. The van der Waals surface area contributed by atoms with Crippen molar-refractivity contribution in [2.24, 2.45) is 5.92 Å². The highest BCUT2D eigenvalue weighted by Gasteiger charge is 2.31. The number of nitrogens with zero attached hydrogens (tertiary/aromatic N) is 1. The van der Waals surface area contributed by atoms with Crippen molar-refractivity contribution in [3.8, 4) is 0 Å². The van der Waals surface area contributed by atoms with E-state index in [4.69, 9.17) is 4.74 Å². The standard InChI is InChI=1S/C28H33FN2O5S/c1-21(2)18-31(37(34,35)25-15-13-24(29)14-16-25)19-27(32)26(17-22-9-5-3-6-10-22)30-28(33)36-20-23-11-7-4-8-12-23/h3-16,21,26-27,32H,17-20H2,1-2H3,(H,30,33)/t26-,27+/m0/s1. The van der Waals surface area contributed by atoms with Crippen LogP contribution in [0.2, 0.25) is 0 Å². The Morgan fingerprint density at radius 2 is 1.49 bits per heavy atom. The van der Waals surface area contributed by atoms with Gasteiger partial charge in [0.25, 0.3) is 0 Å². The minimum atomic E-state index is -4.03. The first kappa shape index (κ1) is 28.3. The Morgan fingerprint density at radius 3 is 2.05 bits per heavy atom. The first-order valence-corrected chi connectivity index (χ1v) is 13.5. The number of carbonyl (C=O) groups excluding carboxylic acids is 1. The molecule has 198 valence electrons. The third-order valence-electron chi connectivity index (χ3n) is 5.69. The predicted octanol–water partition coefficient (Wildman–Crippen LogP) is 4.37. The fraction of sp³-hybridized carbons (Fsp3) is 0.321. The van der Waals surface area contributed by atoms with Crippen LogP contribution in [0.5, 0.6) is 0 Å². The maximum absolute atomic E-state index is 13.4. The number of sulfonamides is 1. The number of carbonyl (C=O) groups is 1. The molecule has 0 aromatic heterocycles. The Kier molecular flexibility index (Phi) is 10.2. The van der Waals surface area contributed by atoms with E-state index in [0.717, 1.165) is 23.3 Å². The van der Waals surface area contributed by atoms with Gasteiger partial charge in [0, 0.05) is 13.1 Å². The molecule has 0 fully saturated rings. The molecular formula is C28H33FN2O5S. The highest BCUT2D eigenvalue weighted by Crippen LogP contribution is 2.19. The molecule has 2 atom stereocenters. The van der Waals surface area contributed by atoms with Crippen LogP contribution in [0.4, 0.5) is 9.18 Å². The van der Waals surface area contributed by atoms with Crippen molar-refractivity contribution in [1.82, 2.24) is 9.62 Å². The highest BCUT2D eigenvalue weighted by molar-refractivity contribution is 7.89. The number of aliphatic hydroxyl groups excluding tert-OH is 1. The third-order valence-corrected chi connectivity index (χ3v) is 7.54. The molecule has 3 rings (SSSR count). The molecule has 1 amide bonds. The second kappa shape index (κ2) is 13.3. The van der Waals surface area contributed by atoms with Gasteiger partial charge >= 0.3 is 6.09 Å². The second-order valence-electron chi connectivity index (χ2n) is 9.24. The summed E-state index contributed by atoms with van der Waals surface area (Å²) in [6.07, 6.45) is -1.71. The van der Waals surface area contributed by atoms with E-state index < -0.39 is 34.1 Å². The molecule has 0 bridgehead atoms. The van der Waals surface area contributed by atoms with Gasteiger partial charge < -0.3 is 15.2 Å². The van der Waals surface area contributed by atoms with Gasteiger partial charge in [-0.05, 0) is 47.7 Å². The van der Waals surface area contributed by atoms with Crippen LogP contribution in [0.25, 0.3) is 0 Å². The number of aliphatic hydroxyl groups is 1. The smallest absolute Gasteiger partial charge is 0.407 e. The monoisotopic (exact) mass is 528 g/mol. The highest BCUT2D eigenvalue weighted by atomic mass is 32.2. The molecule has 3 aromatic carbocycles. The zero-order chi connectivity index (χ0) is 26.8. The summed E-state index contributed by atoms with van der Waals surface area (Å²) in [5.41, 5.74) is 1.66. The quantitative estimate of drug-likeness (QED) is 0.364. The number of hydrogen-bond acceptors (Lipinski definition) is 5. The number of alkyl carbamates (subject to hydrolysis) is 1. The summed E-state index contributed by atoms with van der Waals surface area (Å²) < 4.78 is 46.6. The van der Waals surface area contributed by atoms with Gasteiger partial charge in [-0.25, -0.2) is 17.6 Å². The minimum absolute atomic E-state index is 0.0428. The van der Waals surface area contributed by atoms with Gasteiger partial charge in [-0.3, -0.25) is 0 Å². The lowest BCUT2D eigenvalue weighted by Crippen LogP contribution is -2.51. The van der Waals surface area contributed by atoms with Gasteiger partial charge in [-0.15, -0.1) is 0 Å². The lowest BCUT2D eigenvalue weighted by Gasteiger charge is -2.30. The SMILES string of the molecule is CC(C)CN(C[C@@H](O)[C@H](Cc1ccccc1)NC(=O)OCc1ccccc1)S(=O)(=O)c1ccc(F)cc1. The summed E-state index contributed by atoms with van der Waals surface area (Å²) in [5.74, 6) is -0.589. The van der Waals surface area contributed by atoms with Crippen molar-refractivity contribution in [2.75, 3.05) is 13.1 Å². The zero-order valence-electron chi connectivity index (χ0n) is 21.0. The molecule has 0 saturated heterocycles. The number of ether oxygens (including phenoxy) is 1. The number of amides is 1. The molecule has 0 spiro atoms. The van der Waals surface area contributed by atoms with Crippen LogP contribution in [0.1, 0.15) is 25.0 Å². The second-order valence-corrected chi connectivity index (χ2v) is 11.2. The molecular weight excluding hydrogens is 495 g/mol. The average molecular weight is 529 g/mol. The van der Waals surface area contributed by atoms with Crippen molar-refractivity contribution in [3.05, 3.63) is 102 Å². The van der Waals surface area contributed by atoms with Crippen LogP contribution >= 0.6 is 0 Å². The first-order chi connectivity index (χ1) is 17.6. The van der Waals surface area contributed by atoms with Crippen LogP contribution in [-0.4, -0.2) is 49.2 Å². The van der Waals surface area contributed by atoms with Crippen LogP contribution < -0.4 is 5.32 Å². The van der Waals surface area contributed by atoms with Crippen LogP contribution in [0.3, 0.4) is 0 Å². The Hall–Kier alpha value is -3.27. The Balaban J connectivity index is 1.79. The van der Waals surface area contributed by atoms with E-state index in [1.54, 1.807) is 0 Å². The molecule has 0 aliphatic carbocycles. The van der Waals surface area contributed by atoms with E-state index in [0.29, 0.717) is 0 Å². The van der Waals surface area contributed by atoms with Crippen LogP contribution in [0.15, 0.2) is 89.8 Å². The number of hydrogen-bond donors (Lipinski definition) is 2. The van der Waals surface area contributed by atoms with E-state index in [9.17, 15) is 22.7 Å². The largest absolute Gasteiger partial charge is 0.445 e. The van der Waals surface area contributed by atoms with E-state index in [2.05, 4.69) is 5.32 Å². The van der Waals surface area contributed by atoms with Crippen LogP contribution in [-0.2, 0) is 27.8 Å². The van der Waals surface area contributed by atoms with Gasteiger partial charge in [0.1, 0.15) is 12.4 Å². The topological polar surface area (TPSA) is 95.9 Å². The van der Waals surface area contributed by atoms with Crippen LogP contribution in [0, 0.1) is 11.7 Å². The van der Waals surface area contributed by atoms with Crippen molar-refractivity contribution in [2.45, 2.75) is 43.9 Å². The van der Waals surface area contributed by atoms with Gasteiger partial charge in [0.05, 0.1) is 17.0 Å². The molecule has 0 aliphatic heterocycles. The molecule has 37 heavy (non-hydrogen) atoms. The number of nitrogens with one attached hydrogen (secondary N) is 1. The van der Waals surface area contributed by atoms with Crippen molar-refractivity contribution in [1.29, 1.82) is 0 Å². The number of rotatable bonds is 12. The molecule has 0 radical (unpaired) electrons. The molecule has 3 aromatic rings. The summed E-state index contributed by atoms with van der Waals surface area (Å²) in [5, 5.41) is 13.9. The van der Waals surface area contributed by atoms with Crippen molar-refractivity contribution in [3.63, 3.8) is 0 Å². The fourth-order valence-corrected chi connectivity index (χ4v) is 5.46. The Bertz CT molecular complexity index is 1220. The van der Waals surface area contributed by atoms with E-state index in [1.165, 1.54) is 16.4 Å². The average Bonchev–Trinajstić information content (AvgIpc) is 2.88. The van der Waals surface area contributed by atoms with Gasteiger partial charge in [-0.2, -0.15) is 4.31 Å². The maximum Gasteiger partial charge on any atom is 0.407 e. The first-order valence-electron chi connectivity index (χ1n) is 12.1. The van der Waals surface area contributed by atoms with Gasteiger partial charge in [-0.1, -0.05) is 74.5 Å². The van der Waals surface area contributed by atoms with Crippen molar-refractivity contribution >= 4 is 16.1 Å². The Morgan fingerprint density at radius 1 is 0.919 bits per heavy atom. The molecule has 0 saturated carbocycles. The third kappa shape index (κ3) is 8.66. The van der Waals surface area contributed by atoms with E-state index >= 15 is 0 Å². The van der Waals surface area contributed by atoms with Gasteiger partial charge in [0.2, 0.25) is 10.0 Å². The molecule has 0 aliphatic rings. The molecule has 0 heterocycles.